The van der Waals surface area contributed by atoms with Crippen molar-refractivity contribution in [1.29, 1.82) is 0 Å². The lowest BCUT2D eigenvalue weighted by atomic mass is 9.62. The highest BCUT2D eigenvalue weighted by Crippen LogP contribution is 2.48. The number of hydrogen-bond acceptors (Lipinski definition) is 4. The number of carbonyl (C=O) groups excluding carboxylic acids is 1. The summed E-state index contributed by atoms with van der Waals surface area (Å²) in [6.07, 6.45) is 5.42. The number of aryl methyl sites for hydroxylation is 1. The molecule has 0 aromatic carbocycles. The van der Waals surface area contributed by atoms with E-state index >= 15 is 0 Å². The lowest BCUT2D eigenvalue weighted by Gasteiger charge is -2.64. The molecule has 0 atom stereocenters. The zero-order valence-corrected chi connectivity index (χ0v) is 12.2. The molecule has 5 nitrogen and oxygen atoms in total. The molecule has 5 heteroatoms. The topological polar surface area (TPSA) is 41.4 Å². The van der Waals surface area contributed by atoms with Gasteiger partial charge in [0.2, 0.25) is 0 Å². The van der Waals surface area contributed by atoms with Gasteiger partial charge in [0.15, 0.2) is 0 Å². The van der Waals surface area contributed by atoms with Crippen LogP contribution in [0.4, 0.5) is 0 Å². The van der Waals surface area contributed by atoms with Crippen LogP contribution in [-0.2, 0) is 11.3 Å². The minimum absolute atomic E-state index is 0.145. The van der Waals surface area contributed by atoms with Gasteiger partial charge in [-0.05, 0) is 12.5 Å². The molecule has 0 spiro atoms. The molecular formula is C15H22N4O. The van der Waals surface area contributed by atoms with Gasteiger partial charge in [-0.15, -0.1) is 0 Å². The van der Waals surface area contributed by atoms with Crippen molar-refractivity contribution < 1.29 is 4.79 Å². The molecule has 20 heavy (non-hydrogen) atoms. The number of nitrogens with zero attached hydrogens (tertiary/aromatic N) is 4. The average molecular weight is 274 g/mol. The molecule has 0 radical (unpaired) electrons. The van der Waals surface area contributed by atoms with Crippen LogP contribution in [0.2, 0.25) is 0 Å². The largest absolute Gasteiger partial charge is 0.298 e. The second kappa shape index (κ2) is 3.92. The molecule has 0 unspecified atom stereocenters. The number of hydrogen-bond donors (Lipinski definition) is 0. The van der Waals surface area contributed by atoms with E-state index in [4.69, 9.17) is 0 Å². The van der Waals surface area contributed by atoms with Crippen LogP contribution in [0.25, 0.3) is 0 Å². The Balaban J connectivity index is 1.53. The third kappa shape index (κ3) is 1.63. The van der Waals surface area contributed by atoms with Gasteiger partial charge in [0.25, 0.3) is 0 Å². The van der Waals surface area contributed by atoms with Crippen LogP contribution < -0.4 is 0 Å². The maximum Gasteiger partial charge on any atom is 0.149 e. The van der Waals surface area contributed by atoms with Crippen LogP contribution in [0.1, 0.15) is 20.3 Å². The normalized spacial score (nSPS) is 46.1. The molecule has 0 aliphatic carbocycles. The van der Waals surface area contributed by atoms with Crippen LogP contribution in [0.5, 0.6) is 0 Å². The van der Waals surface area contributed by atoms with Crippen molar-refractivity contribution >= 4 is 5.78 Å². The molecule has 0 saturated carbocycles. The van der Waals surface area contributed by atoms with E-state index in [1.54, 1.807) is 0 Å². The smallest absolute Gasteiger partial charge is 0.149 e. The Labute approximate surface area is 119 Å². The van der Waals surface area contributed by atoms with Gasteiger partial charge in [0, 0.05) is 45.1 Å². The first-order valence-electron chi connectivity index (χ1n) is 7.51. The van der Waals surface area contributed by atoms with Gasteiger partial charge < -0.3 is 0 Å². The minimum atomic E-state index is -0.145. The first-order valence-corrected chi connectivity index (χ1v) is 7.51. The zero-order valence-electron chi connectivity index (χ0n) is 12.2. The summed E-state index contributed by atoms with van der Waals surface area (Å²) in [5, 5.41) is 4.28. The second-order valence-electron chi connectivity index (χ2n) is 7.30. The van der Waals surface area contributed by atoms with Crippen LogP contribution in [0.15, 0.2) is 18.5 Å². The fraction of sp³-hybridized carbons (Fsp3) is 0.733. The summed E-state index contributed by atoms with van der Waals surface area (Å²) >= 11 is 0. The Morgan fingerprint density at radius 3 is 2.30 bits per heavy atom. The number of piperidine rings is 2. The van der Waals surface area contributed by atoms with Crippen molar-refractivity contribution in [3.63, 3.8) is 0 Å². The third-order valence-corrected chi connectivity index (χ3v) is 5.32. The van der Waals surface area contributed by atoms with Gasteiger partial charge in [-0.25, -0.2) is 0 Å². The van der Waals surface area contributed by atoms with E-state index in [2.05, 4.69) is 28.7 Å². The van der Waals surface area contributed by atoms with Gasteiger partial charge in [-0.1, -0.05) is 13.8 Å². The monoisotopic (exact) mass is 274 g/mol. The molecule has 4 aliphatic rings. The fourth-order valence-corrected chi connectivity index (χ4v) is 4.72. The van der Waals surface area contributed by atoms with Crippen molar-refractivity contribution in [3.8, 4) is 0 Å². The Morgan fingerprint density at radius 1 is 1.20 bits per heavy atom. The molecule has 4 saturated heterocycles. The van der Waals surface area contributed by atoms with Crippen molar-refractivity contribution in [1.82, 2.24) is 19.6 Å². The van der Waals surface area contributed by atoms with E-state index in [0.29, 0.717) is 11.9 Å². The van der Waals surface area contributed by atoms with Crippen LogP contribution in [0, 0.1) is 10.8 Å². The lowest BCUT2D eigenvalue weighted by molar-refractivity contribution is -0.196. The van der Waals surface area contributed by atoms with E-state index in [1.807, 2.05) is 23.1 Å². The van der Waals surface area contributed by atoms with E-state index in [1.165, 1.54) is 0 Å². The Hall–Kier alpha value is -1.20. The quantitative estimate of drug-likeness (QED) is 0.818. The number of aromatic nitrogens is 2. The van der Waals surface area contributed by atoms with E-state index in [-0.39, 0.29) is 10.8 Å². The molecule has 5 rings (SSSR count). The molecule has 0 amide bonds. The first kappa shape index (κ1) is 12.5. The number of rotatable bonds is 3. The highest BCUT2D eigenvalue weighted by molar-refractivity contribution is 5.92. The average Bonchev–Trinajstić information content (AvgIpc) is 2.87. The second-order valence-corrected chi connectivity index (χ2v) is 7.30. The van der Waals surface area contributed by atoms with Crippen molar-refractivity contribution in [2.24, 2.45) is 10.8 Å². The van der Waals surface area contributed by atoms with Gasteiger partial charge in [0.1, 0.15) is 5.78 Å². The van der Waals surface area contributed by atoms with Crippen LogP contribution in [0.3, 0.4) is 0 Å². The lowest BCUT2D eigenvalue weighted by Crippen LogP contribution is -2.78. The molecule has 4 bridgehead atoms. The Kier molecular flexibility index (Phi) is 2.46. The Bertz CT molecular complexity index is 498. The molecule has 5 heterocycles. The first-order chi connectivity index (χ1) is 9.50. The van der Waals surface area contributed by atoms with Gasteiger partial charge >= 0.3 is 0 Å². The van der Waals surface area contributed by atoms with Crippen molar-refractivity contribution in [3.05, 3.63) is 18.5 Å². The maximum atomic E-state index is 12.6. The summed E-state index contributed by atoms with van der Waals surface area (Å²) in [4.78, 5) is 17.7. The molecule has 1 aromatic heterocycles. The third-order valence-electron chi connectivity index (χ3n) is 5.32. The van der Waals surface area contributed by atoms with Crippen LogP contribution in [-0.4, -0.2) is 57.7 Å². The van der Waals surface area contributed by atoms with E-state index in [9.17, 15) is 4.79 Å². The summed E-state index contributed by atoms with van der Waals surface area (Å²) in [5.41, 5.74) is -0.291. The van der Waals surface area contributed by atoms with Crippen molar-refractivity contribution in [2.45, 2.75) is 33.0 Å². The van der Waals surface area contributed by atoms with E-state index in [0.717, 1.165) is 39.1 Å². The predicted octanol–water partition coefficient (Wildman–Crippen LogP) is 0.826. The molecular weight excluding hydrogens is 252 g/mol. The van der Waals surface area contributed by atoms with Crippen LogP contribution >= 0.6 is 0 Å². The molecule has 4 fully saturated rings. The minimum Gasteiger partial charge on any atom is -0.298 e. The standard InChI is InChI=1S/C15H22N4O/c1-14-8-17-10-15(2,13(14)20)11-18(9-14)12(17)4-7-19-6-3-5-16-19/h3,5-6,12H,4,7-11H2,1-2H3. The fourth-order valence-electron chi connectivity index (χ4n) is 4.72. The predicted molar refractivity (Wildman–Crippen MR) is 75.0 cm³/mol. The molecule has 1 aromatic rings. The highest BCUT2D eigenvalue weighted by atomic mass is 16.1. The summed E-state index contributed by atoms with van der Waals surface area (Å²) in [6.45, 7) is 8.98. The van der Waals surface area contributed by atoms with E-state index < -0.39 is 0 Å². The summed E-state index contributed by atoms with van der Waals surface area (Å²) in [6, 6.07) is 1.97. The zero-order chi connectivity index (χ0) is 14.0. The molecule has 108 valence electrons. The maximum absolute atomic E-state index is 12.6. The number of Topliss-reactive ketones (excluding diaryl/α,β-unsaturated/α-hetero) is 1. The highest BCUT2D eigenvalue weighted by Gasteiger charge is 2.61. The van der Waals surface area contributed by atoms with Gasteiger partial charge in [0.05, 0.1) is 17.0 Å². The summed E-state index contributed by atoms with van der Waals surface area (Å²) in [5.74, 6) is 0.489. The SMILES string of the molecule is CC12CN3CC(C)(CN(C1)C3CCn1cccn1)C2=O. The van der Waals surface area contributed by atoms with Gasteiger partial charge in [-0.2, -0.15) is 5.10 Å². The summed E-state index contributed by atoms with van der Waals surface area (Å²) in [7, 11) is 0. The number of carbonyl (C=O) groups is 1. The molecule has 4 aliphatic heterocycles. The number of ketones is 1. The Morgan fingerprint density at radius 2 is 1.80 bits per heavy atom. The van der Waals surface area contributed by atoms with Crippen molar-refractivity contribution in [2.75, 3.05) is 26.2 Å². The molecule has 0 N–H and O–H groups in total. The summed E-state index contributed by atoms with van der Waals surface area (Å²) < 4.78 is 2.00. The van der Waals surface area contributed by atoms with Gasteiger partial charge in [-0.3, -0.25) is 19.3 Å².